The summed E-state index contributed by atoms with van der Waals surface area (Å²) in [6.45, 7) is 1.28. The maximum absolute atomic E-state index is 13.4. The number of hydrogen-bond donors (Lipinski definition) is 3. The molecule has 1 heterocycles. The van der Waals surface area contributed by atoms with E-state index in [1.165, 1.54) is 9.80 Å². The minimum atomic E-state index is -0.892. The zero-order valence-electron chi connectivity index (χ0n) is 22.6. The van der Waals surface area contributed by atoms with Crippen molar-refractivity contribution in [2.75, 3.05) is 19.6 Å². The van der Waals surface area contributed by atoms with Crippen LogP contribution in [-0.4, -0.2) is 59.4 Å². The molecule has 0 spiro atoms. The first-order valence-electron chi connectivity index (χ1n) is 13.6. The summed E-state index contributed by atoms with van der Waals surface area (Å²) in [5.74, 6) is -0.659. The number of hydrogen-bond acceptors (Lipinski definition) is 6. The second-order valence-corrected chi connectivity index (χ2v) is 9.90. The lowest BCUT2D eigenvalue weighted by atomic mass is 10.0. The first kappa shape index (κ1) is 28.8. The molecule has 3 aromatic carbocycles. The highest BCUT2D eigenvalue weighted by Crippen LogP contribution is 2.16. The zero-order valence-corrected chi connectivity index (χ0v) is 22.6. The van der Waals surface area contributed by atoms with Crippen molar-refractivity contribution < 1.29 is 19.1 Å². The second-order valence-electron chi connectivity index (χ2n) is 9.90. The molecule has 40 heavy (non-hydrogen) atoms. The van der Waals surface area contributed by atoms with E-state index in [-0.39, 0.29) is 44.6 Å². The second kappa shape index (κ2) is 14.3. The largest absolute Gasteiger partial charge is 0.445 e. The standard InChI is InChI=1S/C31H37N5O4/c32-19-24-11-13-25(14-12-24)20-34-29(37)28-21-35(31(39)40-22-26-9-5-2-6-10-26)17-18-36(28)30(38)27(33)16-15-23-7-3-1-4-8-23/h1-14,27-28H,15-22,32-33H2,(H,34,37)/t27-,28+/m1/s1. The van der Waals surface area contributed by atoms with Crippen molar-refractivity contribution in [1.29, 1.82) is 0 Å². The minimum Gasteiger partial charge on any atom is -0.445 e. The Kier molecular flexibility index (Phi) is 10.3. The number of nitrogens with two attached hydrogens (primary N) is 2. The Morgan fingerprint density at radius 2 is 1.48 bits per heavy atom. The van der Waals surface area contributed by atoms with Gasteiger partial charge >= 0.3 is 6.09 Å². The van der Waals surface area contributed by atoms with E-state index in [9.17, 15) is 14.4 Å². The first-order chi connectivity index (χ1) is 19.4. The number of amides is 3. The van der Waals surface area contributed by atoms with Gasteiger partial charge in [0.2, 0.25) is 11.8 Å². The lowest BCUT2D eigenvalue weighted by Gasteiger charge is -2.41. The topological polar surface area (TPSA) is 131 Å². The molecule has 3 aromatic rings. The molecule has 0 aromatic heterocycles. The summed E-state index contributed by atoms with van der Waals surface area (Å²) in [5, 5.41) is 2.92. The number of carbonyl (C=O) groups is 3. The molecule has 1 saturated heterocycles. The molecule has 1 aliphatic rings. The molecule has 3 amide bonds. The van der Waals surface area contributed by atoms with Crippen LogP contribution in [0, 0.1) is 0 Å². The monoisotopic (exact) mass is 543 g/mol. The summed E-state index contributed by atoms with van der Waals surface area (Å²) in [6.07, 6.45) is 0.568. The van der Waals surface area contributed by atoms with E-state index >= 15 is 0 Å². The van der Waals surface area contributed by atoms with E-state index in [0.717, 1.165) is 22.3 Å². The van der Waals surface area contributed by atoms with Gasteiger partial charge in [-0.3, -0.25) is 9.59 Å². The van der Waals surface area contributed by atoms with Crippen molar-refractivity contribution >= 4 is 17.9 Å². The summed E-state index contributed by atoms with van der Waals surface area (Å²) in [7, 11) is 0. The number of nitrogens with zero attached hydrogens (tertiary/aromatic N) is 2. The van der Waals surface area contributed by atoms with Gasteiger partial charge in [0.05, 0.1) is 12.6 Å². The van der Waals surface area contributed by atoms with E-state index in [4.69, 9.17) is 16.2 Å². The molecular weight excluding hydrogens is 506 g/mol. The fourth-order valence-electron chi connectivity index (χ4n) is 4.65. The summed E-state index contributed by atoms with van der Waals surface area (Å²) >= 11 is 0. The molecule has 0 saturated carbocycles. The maximum Gasteiger partial charge on any atom is 0.410 e. The molecule has 0 bridgehead atoms. The molecule has 9 nitrogen and oxygen atoms in total. The molecule has 0 radical (unpaired) electrons. The molecule has 0 aliphatic carbocycles. The number of carbonyl (C=O) groups excluding carboxylic acids is 3. The predicted molar refractivity (Wildman–Crippen MR) is 153 cm³/mol. The van der Waals surface area contributed by atoms with Crippen molar-refractivity contribution in [2.24, 2.45) is 11.5 Å². The zero-order chi connectivity index (χ0) is 28.3. The fourth-order valence-corrected chi connectivity index (χ4v) is 4.65. The molecule has 2 atom stereocenters. The number of ether oxygens (including phenoxy) is 1. The highest BCUT2D eigenvalue weighted by Gasteiger charge is 2.38. The number of rotatable bonds is 10. The van der Waals surface area contributed by atoms with Crippen LogP contribution in [-0.2, 0) is 40.4 Å². The Balaban J connectivity index is 1.42. The Bertz CT molecular complexity index is 1250. The van der Waals surface area contributed by atoms with E-state index in [1.807, 2.05) is 84.9 Å². The summed E-state index contributed by atoms with van der Waals surface area (Å²) in [5.41, 5.74) is 15.8. The molecule has 9 heteroatoms. The summed E-state index contributed by atoms with van der Waals surface area (Å²) in [6, 6.07) is 25.2. The van der Waals surface area contributed by atoms with Crippen LogP contribution in [0.5, 0.6) is 0 Å². The van der Waals surface area contributed by atoms with Gasteiger partial charge in [-0.15, -0.1) is 0 Å². The van der Waals surface area contributed by atoms with Crippen molar-refractivity contribution in [3.63, 3.8) is 0 Å². The average molecular weight is 544 g/mol. The van der Waals surface area contributed by atoms with Crippen molar-refractivity contribution in [3.05, 3.63) is 107 Å². The molecule has 0 unspecified atom stereocenters. The number of nitrogens with one attached hydrogen (secondary N) is 1. The average Bonchev–Trinajstić information content (AvgIpc) is 3.01. The third-order valence-electron chi connectivity index (χ3n) is 7.06. The Labute approximate surface area is 235 Å². The van der Waals surface area contributed by atoms with E-state index in [0.29, 0.717) is 19.4 Å². The van der Waals surface area contributed by atoms with Crippen LogP contribution in [0.3, 0.4) is 0 Å². The van der Waals surface area contributed by atoms with Crippen LogP contribution in [0.25, 0.3) is 0 Å². The van der Waals surface area contributed by atoms with Gasteiger partial charge in [0.1, 0.15) is 12.6 Å². The van der Waals surface area contributed by atoms with Gasteiger partial charge in [-0.1, -0.05) is 84.9 Å². The van der Waals surface area contributed by atoms with Crippen molar-refractivity contribution in [1.82, 2.24) is 15.1 Å². The van der Waals surface area contributed by atoms with Gasteiger partial charge in [-0.25, -0.2) is 4.79 Å². The van der Waals surface area contributed by atoms with Crippen LogP contribution in [0.1, 0.15) is 28.7 Å². The van der Waals surface area contributed by atoms with Gasteiger partial charge in [-0.05, 0) is 35.1 Å². The van der Waals surface area contributed by atoms with Gasteiger partial charge in [-0.2, -0.15) is 0 Å². The smallest absolute Gasteiger partial charge is 0.410 e. The lowest BCUT2D eigenvalue weighted by molar-refractivity contribution is -0.144. The first-order valence-corrected chi connectivity index (χ1v) is 13.6. The van der Waals surface area contributed by atoms with Crippen LogP contribution in [0.2, 0.25) is 0 Å². The summed E-state index contributed by atoms with van der Waals surface area (Å²) < 4.78 is 5.49. The number of aryl methyl sites for hydroxylation is 1. The lowest BCUT2D eigenvalue weighted by Crippen LogP contribution is -2.63. The normalized spacial score (nSPS) is 15.8. The minimum absolute atomic E-state index is 0.0166. The maximum atomic E-state index is 13.4. The Morgan fingerprint density at radius 3 is 2.12 bits per heavy atom. The van der Waals surface area contributed by atoms with E-state index < -0.39 is 18.2 Å². The van der Waals surface area contributed by atoms with Crippen LogP contribution >= 0.6 is 0 Å². The Hall–Kier alpha value is -4.21. The Morgan fingerprint density at radius 1 is 0.850 bits per heavy atom. The molecule has 4 rings (SSSR count). The fraction of sp³-hybridized carbons (Fsp3) is 0.323. The third kappa shape index (κ3) is 7.91. The van der Waals surface area contributed by atoms with Crippen LogP contribution < -0.4 is 16.8 Å². The van der Waals surface area contributed by atoms with Gasteiger partial charge < -0.3 is 31.3 Å². The van der Waals surface area contributed by atoms with Crippen molar-refractivity contribution in [3.8, 4) is 0 Å². The van der Waals surface area contributed by atoms with E-state index in [2.05, 4.69) is 5.32 Å². The van der Waals surface area contributed by atoms with Gasteiger partial charge in [0, 0.05) is 26.2 Å². The predicted octanol–water partition coefficient (Wildman–Crippen LogP) is 2.57. The highest BCUT2D eigenvalue weighted by molar-refractivity contribution is 5.90. The number of benzene rings is 3. The molecule has 210 valence electrons. The molecular formula is C31H37N5O4. The SMILES string of the molecule is NCc1ccc(CNC(=O)[C@@H]2CN(C(=O)OCc3ccccc3)CCN2C(=O)[C@H](N)CCc2ccccc2)cc1. The number of piperazine rings is 1. The quantitative estimate of drug-likeness (QED) is 0.360. The van der Waals surface area contributed by atoms with Gasteiger partial charge in [0.25, 0.3) is 0 Å². The molecule has 1 fully saturated rings. The molecule has 5 N–H and O–H groups in total. The van der Waals surface area contributed by atoms with Crippen LogP contribution in [0.4, 0.5) is 4.79 Å². The molecule has 1 aliphatic heterocycles. The third-order valence-corrected chi connectivity index (χ3v) is 7.06. The van der Waals surface area contributed by atoms with Gasteiger partial charge in [0.15, 0.2) is 0 Å². The highest BCUT2D eigenvalue weighted by atomic mass is 16.6. The summed E-state index contributed by atoms with van der Waals surface area (Å²) in [4.78, 5) is 42.7. The van der Waals surface area contributed by atoms with E-state index in [1.54, 1.807) is 0 Å². The van der Waals surface area contributed by atoms with Crippen LogP contribution in [0.15, 0.2) is 84.9 Å². The van der Waals surface area contributed by atoms with Crippen molar-refractivity contribution in [2.45, 2.75) is 44.6 Å².